The van der Waals surface area contributed by atoms with E-state index >= 15 is 0 Å². The minimum atomic E-state index is -3.33. The van der Waals surface area contributed by atoms with E-state index in [2.05, 4.69) is 17.2 Å². The molecule has 0 amide bonds. The largest absolute Gasteiger partial charge is 0.374 e. The fourth-order valence-electron chi connectivity index (χ4n) is 2.85. The van der Waals surface area contributed by atoms with Gasteiger partial charge in [0.1, 0.15) is 18.3 Å². The third kappa shape index (κ3) is 6.82. The highest BCUT2D eigenvalue weighted by Crippen LogP contribution is 2.53. The molecule has 0 spiro atoms. The zero-order valence-corrected chi connectivity index (χ0v) is 20.5. The van der Waals surface area contributed by atoms with E-state index < -0.39 is 49.7 Å². The van der Waals surface area contributed by atoms with Gasteiger partial charge in [-0.3, -0.25) is 23.4 Å². The summed E-state index contributed by atoms with van der Waals surface area (Å²) >= 11 is 9.11. The lowest BCUT2D eigenvalue weighted by atomic mass is 10.1. The number of hydrogen-bond donors (Lipinski definition) is 2. The van der Waals surface area contributed by atoms with Crippen LogP contribution < -0.4 is 11.2 Å². The molecular formula is C15H23N3O9P2S2. The van der Waals surface area contributed by atoms with Crippen LogP contribution in [0.15, 0.2) is 15.8 Å². The summed E-state index contributed by atoms with van der Waals surface area (Å²) in [6.07, 6.45) is -2.40. The first kappa shape index (κ1) is 26.4. The molecule has 0 radical (unpaired) electrons. The second-order valence-corrected chi connectivity index (χ2v) is 11.2. The molecule has 2 rings (SSSR count). The van der Waals surface area contributed by atoms with Gasteiger partial charge in [-0.15, -0.1) is 0 Å². The van der Waals surface area contributed by atoms with Crippen LogP contribution in [0.5, 0.6) is 0 Å². The summed E-state index contributed by atoms with van der Waals surface area (Å²) in [6, 6.07) is 1.92. The number of methoxy groups -OCH3 is 1. The van der Waals surface area contributed by atoms with Gasteiger partial charge in [-0.25, -0.2) is 4.79 Å². The maximum absolute atomic E-state index is 12.4. The molecule has 6 atom stereocenters. The molecule has 0 aromatic carbocycles. The predicted octanol–water partition coefficient (Wildman–Crippen LogP) is 1.28. The molecule has 1 aromatic rings. The van der Waals surface area contributed by atoms with E-state index in [9.17, 15) is 14.2 Å². The molecule has 1 aromatic heterocycles. The second-order valence-electron chi connectivity index (χ2n) is 6.26. The molecular weight excluding hydrogens is 492 g/mol. The van der Waals surface area contributed by atoms with E-state index in [0.29, 0.717) is 0 Å². The minimum Gasteiger partial charge on any atom is -0.374 e. The number of nitrogens with zero attached hydrogens (tertiary/aromatic N) is 2. The number of aryl methyl sites for hydroxylation is 1. The Morgan fingerprint density at radius 2 is 2.13 bits per heavy atom. The number of hydrogen-bond acceptors (Lipinski definition) is 11. The number of H-pyrrole nitrogens is 1. The monoisotopic (exact) mass is 515 g/mol. The van der Waals surface area contributed by atoms with Crippen molar-refractivity contribution in [2.24, 2.45) is 0 Å². The van der Waals surface area contributed by atoms with Crippen LogP contribution in [0.2, 0.25) is 0 Å². The summed E-state index contributed by atoms with van der Waals surface area (Å²) in [5, 5.41) is 8.71. The number of rotatable bonds is 11. The van der Waals surface area contributed by atoms with Gasteiger partial charge in [0.2, 0.25) is 7.23 Å². The van der Waals surface area contributed by atoms with Crippen LogP contribution in [-0.2, 0) is 43.9 Å². The summed E-state index contributed by atoms with van der Waals surface area (Å²) in [7, 11) is 0.0756. The maximum atomic E-state index is 12.4. The van der Waals surface area contributed by atoms with Crippen molar-refractivity contribution in [2.45, 2.75) is 37.9 Å². The van der Waals surface area contributed by atoms with Crippen molar-refractivity contribution in [3.8, 4) is 6.07 Å². The molecule has 16 heteroatoms. The summed E-state index contributed by atoms with van der Waals surface area (Å²) in [5.41, 5.74) is -0.977. The summed E-state index contributed by atoms with van der Waals surface area (Å²) in [6.45, 7) is -2.03. The van der Waals surface area contributed by atoms with E-state index in [-0.39, 0.29) is 25.2 Å². The van der Waals surface area contributed by atoms with Gasteiger partial charge in [-0.1, -0.05) is 12.2 Å². The zero-order chi connectivity index (χ0) is 23.2. The average molecular weight is 515 g/mol. The van der Waals surface area contributed by atoms with Gasteiger partial charge >= 0.3 is 12.4 Å². The molecule has 2 heterocycles. The van der Waals surface area contributed by atoms with Gasteiger partial charge < -0.3 is 23.0 Å². The quantitative estimate of drug-likeness (QED) is 0.249. The molecule has 1 N–H and O–H groups in total. The van der Waals surface area contributed by atoms with Crippen LogP contribution in [0, 0.1) is 18.3 Å². The Hall–Kier alpha value is -0.840. The number of aromatic nitrogens is 2. The third-order valence-corrected chi connectivity index (χ3v) is 7.56. The molecule has 3 unspecified atom stereocenters. The van der Waals surface area contributed by atoms with Crippen molar-refractivity contribution in [2.75, 3.05) is 27.4 Å². The van der Waals surface area contributed by atoms with Crippen LogP contribution in [0.3, 0.4) is 0 Å². The second kappa shape index (κ2) is 11.9. The van der Waals surface area contributed by atoms with Crippen molar-refractivity contribution in [3.63, 3.8) is 0 Å². The summed E-state index contributed by atoms with van der Waals surface area (Å²) < 4.78 is 45.7. The Morgan fingerprint density at radius 1 is 1.42 bits per heavy atom. The van der Waals surface area contributed by atoms with Gasteiger partial charge in [0, 0.05) is 26.0 Å². The Bertz CT molecular complexity index is 995. The Kier molecular flexibility index (Phi) is 10.1. The first-order chi connectivity index (χ1) is 14.7. The lowest BCUT2D eigenvalue weighted by Gasteiger charge is -2.28. The third-order valence-electron chi connectivity index (χ3n) is 4.29. The Balaban J connectivity index is 2.40. The molecule has 1 aliphatic heterocycles. The molecule has 12 nitrogen and oxygen atoms in total. The van der Waals surface area contributed by atoms with Crippen LogP contribution >= 0.6 is 26.2 Å². The van der Waals surface area contributed by atoms with Crippen molar-refractivity contribution in [3.05, 3.63) is 32.6 Å². The van der Waals surface area contributed by atoms with Gasteiger partial charge in [-0.05, 0) is 18.7 Å². The van der Waals surface area contributed by atoms with E-state index in [0.717, 1.165) is 4.57 Å². The molecule has 1 aliphatic rings. The van der Waals surface area contributed by atoms with Crippen molar-refractivity contribution < 1.29 is 32.1 Å². The fourth-order valence-corrected chi connectivity index (χ4v) is 5.02. The fraction of sp³-hybridized carbons (Fsp3) is 0.667. The summed E-state index contributed by atoms with van der Waals surface area (Å²) in [4.78, 5) is 26.3. The maximum Gasteiger partial charge on any atom is 0.330 e. The molecule has 174 valence electrons. The Labute approximate surface area is 189 Å². The lowest BCUT2D eigenvalue weighted by molar-refractivity contribution is -0.0597. The lowest BCUT2D eigenvalue weighted by Crippen LogP contribution is -2.40. The molecule has 0 saturated carbocycles. The van der Waals surface area contributed by atoms with E-state index in [1.54, 1.807) is 0 Å². The SMILES string of the molecule is CO[C@H]1C(OP(=S)(OC)OCCC#N)[C@@H](CO[PH](=O)S)O[C@H]1n1cc(C)c(=O)[nH]c1=O. The summed E-state index contributed by atoms with van der Waals surface area (Å²) in [5.74, 6) is 0. The smallest absolute Gasteiger partial charge is 0.330 e. The van der Waals surface area contributed by atoms with Gasteiger partial charge in [0.15, 0.2) is 6.23 Å². The number of nitriles is 1. The molecule has 31 heavy (non-hydrogen) atoms. The highest BCUT2D eigenvalue weighted by atomic mass is 32.7. The Morgan fingerprint density at radius 3 is 2.71 bits per heavy atom. The standard InChI is InChI=1S/C15H23N3O9P2S2/c1-9-7-18(15(20)17-13(9)19)14-12(22-2)11(10(26-14)8-24-28(21)30)27-29(31,23-3)25-6-4-5-16/h7,10-12,14,28H,4,6,8H2,1-3H3,(H,21,30)(H,17,19,20)/t10-,11?,12+,14-,29?/m1/s1. The number of thiol groups is 1. The van der Waals surface area contributed by atoms with E-state index in [1.807, 2.05) is 6.07 Å². The highest BCUT2D eigenvalue weighted by molar-refractivity contribution is 8.39. The van der Waals surface area contributed by atoms with E-state index in [4.69, 9.17) is 44.6 Å². The first-order valence-electron chi connectivity index (χ1n) is 8.87. The van der Waals surface area contributed by atoms with Crippen LogP contribution in [0.1, 0.15) is 18.2 Å². The normalized spacial score (nSPS) is 26.3. The number of nitrogens with one attached hydrogen (secondary N) is 1. The van der Waals surface area contributed by atoms with Crippen molar-refractivity contribution in [1.29, 1.82) is 5.26 Å². The predicted molar refractivity (Wildman–Crippen MR) is 117 cm³/mol. The van der Waals surface area contributed by atoms with Crippen molar-refractivity contribution >= 4 is 38.0 Å². The van der Waals surface area contributed by atoms with Crippen molar-refractivity contribution in [1.82, 2.24) is 9.55 Å². The van der Waals surface area contributed by atoms with Crippen LogP contribution in [0.25, 0.3) is 0 Å². The molecule has 0 aliphatic carbocycles. The number of ether oxygens (including phenoxy) is 2. The van der Waals surface area contributed by atoms with Crippen LogP contribution in [0.4, 0.5) is 0 Å². The van der Waals surface area contributed by atoms with E-state index in [1.165, 1.54) is 27.3 Å². The zero-order valence-electron chi connectivity index (χ0n) is 16.9. The highest BCUT2D eigenvalue weighted by Gasteiger charge is 2.50. The average Bonchev–Trinajstić information content (AvgIpc) is 3.06. The van der Waals surface area contributed by atoms with Crippen LogP contribution in [-0.4, -0.2) is 55.3 Å². The minimum absolute atomic E-state index is 0.0135. The van der Waals surface area contributed by atoms with Gasteiger partial charge in [0.25, 0.3) is 5.56 Å². The first-order valence-corrected chi connectivity index (χ1v) is 14.0. The molecule has 1 fully saturated rings. The number of aromatic amines is 1. The topological polar surface area (TPSA) is 151 Å². The molecule has 0 bridgehead atoms. The molecule has 1 saturated heterocycles. The van der Waals surface area contributed by atoms with Gasteiger partial charge in [0.05, 0.1) is 25.7 Å². The van der Waals surface area contributed by atoms with Gasteiger partial charge in [-0.2, -0.15) is 5.26 Å².